The molecule has 16 heteroatoms. The van der Waals surface area contributed by atoms with Gasteiger partial charge in [0.1, 0.15) is 0 Å². The van der Waals surface area contributed by atoms with E-state index in [1.807, 2.05) is 0 Å². The number of fused-ring (bicyclic) bond motifs is 1. The summed E-state index contributed by atoms with van der Waals surface area (Å²) in [5, 5.41) is 0. The summed E-state index contributed by atoms with van der Waals surface area (Å²) in [5.41, 5.74) is 14.3. The third kappa shape index (κ3) is 11.2. The first kappa shape index (κ1) is 26.2. The van der Waals surface area contributed by atoms with Gasteiger partial charge in [0, 0.05) is 0 Å². The van der Waals surface area contributed by atoms with Gasteiger partial charge in [0.2, 0.25) is 5.95 Å². The molecule has 0 bridgehead atoms. The Kier molecular flexibility index (Phi) is 9.50. The number of nitrogen functional groups attached to an aromatic ring is 2. The van der Waals surface area contributed by atoms with Gasteiger partial charge < -0.3 is 40.8 Å². The summed E-state index contributed by atoms with van der Waals surface area (Å²) in [6.45, 7) is 8.32. The maximum absolute atomic E-state index is 8.88. The van der Waals surface area contributed by atoms with E-state index in [0.717, 1.165) is 11.4 Å². The van der Waals surface area contributed by atoms with Gasteiger partial charge in [-0.3, -0.25) is 0 Å². The summed E-state index contributed by atoms with van der Waals surface area (Å²) in [6.07, 6.45) is 0. The summed E-state index contributed by atoms with van der Waals surface area (Å²) < 4.78 is 17.8. The van der Waals surface area contributed by atoms with Crippen LogP contribution in [-0.4, -0.2) is 49.3 Å². The summed E-state index contributed by atoms with van der Waals surface area (Å²) in [7, 11) is -9.28. The predicted molar refractivity (Wildman–Crippen MR) is 101 cm³/mol. The van der Waals surface area contributed by atoms with E-state index < -0.39 is 15.6 Å². The van der Waals surface area contributed by atoms with Crippen molar-refractivity contribution in [1.82, 2.24) is 19.9 Å². The number of anilines is 2. The van der Waals surface area contributed by atoms with E-state index in [0.29, 0.717) is 11.2 Å². The highest BCUT2D eigenvalue weighted by atomic mass is 31.2. The molecule has 14 nitrogen and oxygen atoms in total. The third-order valence-electron chi connectivity index (χ3n) is 2.72. The van der Waals surface area contributed by atoms with Crippen molar-refractivity contribution in [1.29, 1.82) is 0 Å². The molecule has 28 heavy (non-hydrogen) atoms. The van der Waals surface area contributed by atoms with Crippen LogP contribution in [0.3, 0.4) is 0 Å². The molecule has 0 saturated heterocycles. The van der Waals surface area contributed by atoms with Crippen molar-refractivity contribution in [2.75, 3.05) is 11.5 Å². The molecule has 0 aromatic carbocycles. The second-order valence-corrected chi connectivity index (χ2v) is 8.02. The SMILES string of the molecule is CC(C)c1nc2nc(N)nc(N)c2nc1C(C)C.O=P(O)(O)O.O=P(O)(O)O. The fourth-order valence-corrected chi connectivity index (χ4v) is 1.86. The minimum absolute atomic E-state index is 0.126. The standard InChI is InChI=1S/C12H18N6.2H3O4P/c1-5(2)7-8(6(3)4)16-11-9(15-7)10(13)17-12(14)18-11;2*1-5(2,3)4/h5-6H,1-4H3,(H4,13,14,16,17,18);2*(H3,1,2,3,4). The molecule has 0 aliphatic rings. The molecule has 2 aromatic heterocycles. The Labute approximate surface area is 160 Å². The molecule has 0 spiro atoms. The minimum Gasteiger partial charge on any atom is -0.382 e. The van der Waals surface area contributed by atoms with Gasteiger partial charge in [-0.1, -0.05) is 27.7 Å². The number of nitrogens with two attached hydrogens (primary N) is 2. The average Bonchev–Trinajstić information content (AvgIpc) is 2.41. The zero-order valence-electron chi connectivity index (χ0n) is 15.5. The summed E-state index contributed by atoms with van der Waals surface area (Å²) in [4.78, 5) is 60.2. The van der Waals surface area contributed by atoms with Crippen LogP contribution in [0.25, 0.3) is 11.2 Å². The first-order valence-corrected chi connectivity index (χ1v) is 10.7. The molecule has 2 rings (SSSR count). The van der Waals surface area contributed by atoms with Gasteiger partial charge >= 0.3 is 15.6 Å². The van der Waals surface area contributed by atoms with Gasteiger partial charge in [-0.15, -0.1) is 0 Å². The van der Waals surface area contributed by atoms with Gasteiger partial charge in [0.15, 0.2) is 17.0 Å². The number of nitrogens with zero attached hydrogens (tertiary/aromatic N) is 4. The van der Waals surface area contributed by atoms with Gasteiger partial charge in [0.25, 0.3) is 0 Å². The lowest BCUT2D eigenvalue weighted by atomic mass is 10.0. The molecule has 0 saturated carbocycles. The van der Waals surface area contributed by atoms with Crippen LogP contribution < -0.4 is 11.5 Å². The van der Waals surface area contributed by atoms with E-state index >= 15 is 0 Å². The molecular weight excluding hydrogens is 418 g/mol. The van der Waals surface area contributed by atoms with E-state index in [4.69, 9.17) is 50.0 Å². The quantitative estimate of drug-likeness (QED) is 0.284. The molecule has 2 aromatic rings. The number of rotatable bonds is 2. The van der Waals surface area contributed by atoms with Gasteiger partial charge in [0.05, 0.1) is 11.4 Å². The van der Waals surface area contributed by atoms with Crippen LogP contribution in [0.1, 0.15) is 50.9 Å². The highest BCUT2D eigenvalue weighted by Crippen LogP contribution is 2.27. The molecule has 0 unspecified atom stereocenters. The van der Waals surface area contributed by atoms with Gasteiger partial charge in [-0.2, -0.15) is 9.97 Å². The van der Waals surface area contributed by atoms with Crippen LogP contribution in [0, 0.1) is 0 Å². The van der Waals surface area contributed by atoms with Crippen LogP contribution in [0.4, 0.5) is 11.8 Å². The minimum atomic E-state index is -4.64. The van der Waals surface area contributed by atoms with E-state index in [1.54, 1.807) is 0 Å². The summed E-state index contributed by atoms with van der Waals surface area (Å²) in [6, 6.07) is 0. The van der Waals surface area contributed by atoms with Crippen molar-refractivity contribution in [3.8, 4) is 0 Å². The monoisotopic (exact) mass is 442 g/mol. The lowest BCUT2D eigenvalue weighted by Gasteiger charge is -2.14. The smallest absolute Gasteiger partial charge is 0.382 e. The van der Waals surface area contributed by atoms with E-state index in [1.165, 1.54) is 0 Å². The van der Waals surface area contributed by atoms with E-state index in [9.17, 15) is 0 Å². The Morgan fingerprint density at radius 2 is 1.07 bits per heavy atom. The zero-order chi connectivity index (χ0) is 22.4. The van der Waals surface area contributed by atoms with Crippen LogP contribution >= 0.6 is 15.6 Å². The van der Waals surface area contributed by atoms with Crippen molar-refractivity contribution < 1.29 is 38.5 Å². The van der Waals surface area contributed by atoms with Crippen LogP contribution in [-0.2, 0) is 9.13 Å². The maximum Gasteiger partial charge on any atom is 0.466 e. The fourth-order valence-electron chi connectivity index (χ4n) is 1.86. The summed E-state index contributed by atoms with van der Waals surface area (Å²) >= 11 is 0. The Bertz CT molecular complexity index is 861. The Hall–Kier alpha value is -1.76. The number of aromatic nitrogens is 4. The molecule has 0 fully saturated rings. The molecule has 0 amide bonds. The molecule has 0 atom stereocenters. The number of phosphoric acid groups is 2. The number of hydrogen-bond donors (Lipinski definition) is 8. The zero-order valence-corrected chi connectivity index (χ0v) is 17.3. The molecule has 0 radical (unpaired) electrons. The van der Waals surface area contributed by atoms with E-state index in [2.05, 4.69) is 47.6 Å². The van der Waals surface area contributed by atoms with Crippen molar-refractivity contribution in [3.63, 3.8) is 0 Å². The van der Waals surface area contributed by atoms with Crippen molar-refractivity contribution in [2.24, 2.45) is 0 Å². The van der Waals surface area contributed by atoms with Gasteiger partial charge in [-0.25, -0.2) is 19.1 Å². The molecule has 2 heterocycles. The second-order valence-electron chi connectivity index (χ2n) is 5.97. The normalized spacial score (nSPS) is 11.7. The summed E-state index contributed by atoms with van der Waals surface area (Å²) in [5.74, 6) is 0.955. The van der Waals surface area contributed by atoms with Crippen molar-refractivity contribution >= 4 is 38.6 Å². The first-order chi connectivity index (χ1) is 12.4. The topological polar surface area (TPSA) is 259 Å². The first-order valence-electron chi connectivity index (χ1n) is 7.57. The van der Waals surface area contributed by atoms with Gasteiger partial charge in [-0.05, 0) is 11.8 Å². The second kappa shape index (κ2) is 10.1. The van der Waals surface area contributed by atoms with Crippen LogP contribution in [0.15, 0.2) is 0 Å². The van der Waals surface area contributed by atoms with Crippen LogP contribution in [0.2, 0.25) is 0 Å². The predicted octanol–water partition coefficient (Wildman–Crippen LogP) is -0.0262. The molecular formula is C12H24N6O8P2. The van der Waals surface area contributed by atoms with Crippen molar-refractivity contribution in [3.05, 3.63) is 11.4 Å². The maximum atomic E-state index is 8.88. The lowest BCUT2D eigenvalue weighted by molar-refractivity contribution is 0.272. The molecule has 0 aliphatic carbocycles. The lowest BCUT2D eigenvalue weighted by Crippen LogP contribution is -2.10. The fraction of sp³-hybridized carbons (Fsp3) is 0.500. The third-order valence-corrected chi connectivity index (χ3v) is 2.72. The Morgan fingerprint density at radius 3 is 1.43 bits per heavy atom. The molecule has 0 aliphatic heterocycles. The largest absolute Gasteiger partial charge is 0.466 e. The molecule has 160 valence electrons. The Morgan fingerprint density at radius 1 is 0.714 bits per heavy atom. The average molecular weight is 442 g/mol. The van der Waals surface area contributed by atoms with Crippen molar-refractivity contribution in [2.45, 2.75) is 39.5 Å². The van der Waals surface area contributed by atoms with Crippen LogP contribution in [0.5, 0.6) is 0 Å². The Balaban J connectivity index is 0.000000607. The molecule has 10 N–H and O–H groups in total. The number of hydrogen-bond acceptors (Lipinski definition) is 8. The highest BCUT2D eigenvalue weighted by Gasteiger charge is 2.17. The highest BCUT2D eigenvalue weighted by molar-refractivity contribution is 7.45. The van der Waals surface area contributed by atoms with E-state index in [-0.39, 0.29) is 23.6 Å².